The third kappa shape index (κ3) is 4.03. The van der Waals surface area contributed by atoms with Gasteiger partial charge < -0.3 is 5.11 Å². The summed E-state index contributed by atoms with van der Waals surface area (Å²) in [5, 5.41) is 10.8. The van der Waals surface area contributed by atoms with Crippen molar-refractivity contribution in [2.45, 2.75) is 6.92 Å². The minimum absolute atomic E-state index is 0.339. The van der Waals surface area contributed by atoms with Crippen molar-refractivity contribution in [1.82, 2.24) is 0 Å². The van der Waals surface area contributed by atoms with E-state index in [-0.39, 0.29) is 0 Å². The SMILES string of the molecule is Cc1ccc(C(=O)O)cc1.O=Cc1ccc2ccccc2c1. The van der Waals surface area contributed by atoms with E-state index in [1.807, 2.05) is 49.4 Å². The first-order valence-electron chi connectivity index (χ1n) is 6.84. The average Bonchev–Trinajstić information content (AvgIpc) is 2.55. The second-order valence-corrected chi connectivity index (χ2v) is 4.90. The third-order valence-electron chi connectivity index (χ3n) is 3.21. The van der Waals surface area contributed by atoms with E-state index in [1.54, 1.807) is 24.3 Å². The van der Waals surface area contributed by atoms with Crippen LogP contribution in [-0.4, -0.2) is 17.4 Å². The number of hydrogen-bond acceptors (Lipinski definition) is 2. The van der Waals surface area contributed by atoms with Crippen molar-refractivity contribution >= 4 is 23.0 Å². The van der Waals surface area contributed by atoms with Crippen LogP contribution in [0.3, 0.4) is 0 Å². The first-order valence-corrected chi connectivity index (χ1v) is 6.84. The van der Waals surface area contributed by atoms with E-state index >= 15 is 0 Å². The fourth-order valence-corrected chi connectivity index (χ4v) is 1.98. The average molecular weight is 292 g/mol. The predicted molar refractivity (Wildman–Crippen MR) is 87.5 cm³/mol. The Balaban J connectivity index is 0.000000164. The van der Waals surface area contributed by atoms with Crippen LogP contribution in [0.15, 0.2) is 66.7 Å². The van der Waals surface area contributed by atoms with Crippen LogP contribution in [0.4, 0.5) is 0 Å². The minimum Gasteiger partial charge on any atom is -0.478 e. The Labute approximate surface area is 128 Å². The van der Waals surface area contributed by atoms with Crippen LogP contribution >= 0.6 is 0 Å². The summed E-state index contributed by atoms with van der Waals surface area (Å²) in [6, 6.07) is 20.4. The Morgan fingerprint density at radius 3 is 2.14 bits per heavy atom. The summed E-state index contributed by atoms with van der Waals surface area (Å²) in [5.41, 5.74) is 2.14. The zero-order valence-corrected chi connectivity index (χ0v) is 12.2. The number of benzene rings is 3. The summed E-state index contributed by atoms with van der Waals surface area (Å²) in [6.45, 7) is 1.92. The molecule has 0 heterocycles. The number of carboxylic acids is 1. The lowest BCUT2D eigenvalue weighted by atomic mass is 10.1. The topological polar surface area (TPSA) is 54.4 Å². The van der Waals surface area contributed by atoms with Crippen LogP contribution in [0, 0.1) is 6.92 Å². The maximum absolute atomic E-state index is 10.5. The molecule has 0 aliphatic carbocycles. The van der Waals surface area contributed by atoms with Gasteiger partial charge in [0.2, 0.25) is 0 Å². The molecule has 3 aromatic carbocycles. The van der Waals surface area contributed by atoms with Gasteiger partial charge in [0, 0.05) is 5.56 Å². The largest absolute Gasteiger partial charge is 0.478 e. The molecule has 0 saturated carbocycles. The molecule has 0 radical (unpaired) electrons. The fourth-order valence-electron chi connectivity index (χ4n) is 1.98. The number of aromatic carboxylic acids is 1. The van der Waals surface area contributed by atoms with Crippen molar-refractivity contribution < 1.29 is 14.7 Å². The zero-order chi connectivity index (χ0) is 15.9. The highest BCUT2D eigenvalue weighted by atomic mass is 16.4. The molecule has 1 N–H and O–H groups in total. The van der Waals surface area contributed by atoms with Gasteiger partial charge in [-0.05, 0) is 35.9 Å². The van der Waals surface area contributed by atoms with Crippen LogP contribution in [0.5, 0.6) is 0 Å². The van der Waals surface area contributed by atoms with E-state index in [9.17, 15) is 9.59 Å². The highest BCUT2D eigenvalue weighted by molar-refractivity contribution is 5.89. The van der Waals surface area contributed by atoms with Gasteiger partial charge in [-0.1, -0.05) is 54.1 Å². The number of fused-ring (bicyclic) bond motifs is 1. The first-order chi connectivity index (χ1) is 10.6. The van der Waals surface area contributed by atoms with E-state index in [1.165, 1.54) is 5.39 Å². The molecular weight excluding hydrogens is 276 g/mol. The molecule has 3 nitrogen and oxygen atoms in total. The molecule has 0 fully saturated rings. The summed E-state index contributed by atoms with van der Waals surface area (Å²) in [7, 11) is 0. The number of carbonyl (C=O) groups excluding carboxylic acids is 1. The summed E-state index contributed by atoms with van der Waals surface area (Å²) < 4.78 is 0. The second kappa shape index (κ2) is 7.18. The van der Waals surface area contributed by atoms with Gasteiger partial charge in [-0.2, -0.15) is 0 Å². The monoisotopic (exact) mass is 292 g/mol. The van der Waals surface area contributed by atoms with Gasteiger partial charge in [-0.15, -0.1) is 0 Å². The maximum Gasteiger partial charge on any atom is 0.335 e. The Bertz CT molecular complexity index is 789. The maximum atomic E-state index is 10.5. The Morgan fingerprint density at radius 2 is 1.55 bits per heavy atom. The minimum atomic E-state index is -0.875. The molecule has 22 heavy (non-hydrogen) atoms. The van der Waals surface area contributed by atoms with E-state index in [2.05, 4.69) is 0 Å². The van der Waals surface area contributed by atoms with E-state index in [4.69, 9.17) is 5.11 Å². The number of aryl methyl sites for hydroxylation is 1. The van der Waals surface area contributed by atoms with Gasteiger partial charge in [-0.25, -0.2) is 4.79 Å². The van der Waals surface area contributed by atoms with E-state index in [0.717, 1.165) is 22.8 Å². The molecule has 0 aliphatic rings. The third-order valence-corrected chi connectivity index (χ3v) is 3.21. The molecule has 0 atom stereocenters. The molecule has 0 aliphatic heterocycles. The molecule has 0 amide bonds. The number of carbonyl (C=O) groups is 2. The molecule has 3 heteroatoms. The summed E-state index contributed by atoms with van der Waals surface area (Å²) in [5.74, 6) is -0.875. The summed E-state index contributed by atoms with van der Waals surface area (Å²) in [6.07, 6.45) is 0.867. The van der Waals surface area contributed by atoms with Gasteiger partial charge in [-0.3, -0.25) is 4.79 Å². The van der Waals surface area contributed by atoms with Crippen molar-refractivity contribution in [3.8, 4) is 0 Å². The van der Waals surface area contributed by atoms with Gasteiger partial charge in [0.1, 0.15) is 6.29 Å². The van der Waals surface area contributed by atoms with E-state index < -0.39 is 5.97 Å². The molecule has 0 saturated heterocycles. The van der Waals surface area contributed by atoms with E-state index in [0.29, 0.717) is 5.56 Å². The van der Waals surface area contributed by atoms with Crippen LogP contribution < -0.4 is 0 Å². The van der Waals surface area contributed by atoms with Crippen LogP contribution in [0.25, 0.3) is 10.8 Å². The van der Waals surface area contributed by atoms with Gasteiger partial charge in [0.05, 0.1) is 5.56 Å². The molecule has 0 bridgehead atoms. The molecule has 3 rings (SSSR count). The quantitative estimate of drug-likeness (QED) is 0.715. The zero-order valence-electron chi connectivity index (χ0n) is 12.2. The standard InChI is InChI=1S/C11H8O.C8H8O2/c12-8-9-5-6-10-3-1-2-4-11(10)7-9;1-6-2-4-7(5-3-6)8(9)10/h1-8H;2-5H,1H3,(H,9,10). The van der Waals surface area contributed by atoms with Crippen molar-refractivity contribution in [2.24, 2.45) is 0 Å². The molecule has 110 valence electrons. The number of carboxylic acid groups (broad SMARTS) is 1. The van der Waals surface area contributed by atoms with Gasteiger partial charge in [0.25, 0.3) is 0 Å². The summed E-state index contributed by atoms with van der Waals surface area (Å²) in [4.78, 5) is 20.8. The fraction of sp³-hybridized carbons (Fsp3) is 0.0526. The molecule has 0 spiro atoms. The van der Waals surface area contributed by atoms with Crippen molar-refractivity contribution in [2.75, 3.05) is 0 Å². The Kier molecular flexibility index (Phi) is 5.04. The second-order valence-electron chi connectivity index (χ2n) is 4.90. The van der Waals surface area contributed by atoms with Crippen molar-refractivity contribution in [1.29, 1.82) is 0 Å². The Hall–Kier alpha value is -2.94. The summed E-state index contributed by atoms with van der Waals surface area (Å²) >= 11 is 0. The molecular formula is C19H16O3. The highest BCUT2D eigenvalue weighted by Crippen LogP contribution is 2.14. The van der Waals surface area contributed by atoms with Crippen LogP contribution in [0.2, 0.25) is 0 Å². The number of hydrogen-bond donors (Lipinski definition) is 1. The lowest BCUT2D eigenvalue weighted by Gasteiger charge is -1.96. The lowest BCUT2D eigenvalue weighted by Crippen LogP contribution is -1.94. The number of aldehydes is 1. The van der Waals surface area contributed by atoms with Gasteiger partial charge in [0.15, 0.2) is 0 Å². The predicted octanol–water partition coefficient (Wildman–Crippen LogP) is 4.35. The smallest absolute Gasteiger partial charge is 0.335 e. The number of rotatable bonds is 2. The van der Waals surface area contributed by atoms with Crippen molar-refractivity contribution in [3.63, 3.8) is 0 Å². The first kappa shape index (κ1) is 15.4. The van der Waals surface area contributed by atoms with Crippen LogP contribution in [0.1, 0.15) is 26.3 Å². The molecule has 0 aromatic heterocycles. The molecule has 3 aromatic rings. The molecule has 0 unspecified atom stereocenters. The Morgan fingerprint density at radius 1 is 0.909 bits per heavy atom. The lowest BCUT2D eigenvalue weighted by molar-refractivity contribution is 0.0696. The van der Waals surface area contributed by atoms with Crippen LogP contribution in [-0.2, 0) is 0 Å². The van der Waals surface area contributed by atoms with Crippen molar-refractivity contribution in [3.05, 3.63) is 83.4 Å². The van der Waals surface area contributed by atoms with Gasteiger partial charge >= 0.3 is 5.97 Å². The normalized spacial score (nSPS) is 9.68. The highest BCUT2D eigenvalue weighted by Gasteiger charge is 1.98.